The fraction of sp³-hybridized carbons (Fsp3) is 0.833. The molecule has 0 aromatic rings. The largest absolute Gasteiger partial charge is 0.0809 e. The number of unbranched alkanes of at least 4 members (excludes halogenated alkanes) is 13. The first-order chi connectivity index (χ1) is 11.7. The lowest BCUT2D eigenvalue weighted by atomic mass is 9.72. The zero-order valence-corrected chi connectivity index (χ0v) is 17.0. The summed E-state index contributed by atoms with van der Waals surface area (Å²) in [5.74, 6) is 0.699. The molecule has 0 nitrogen and oxygen atoms in total. The highest BCUT2D eigenvalue weighted by atomic mass is 14.3. The molecule has 140 valence electrons. The number of rotatable bonds is 15. The van der Waals surface area contributed by atoms with Crippen molar-refractivity contribution in [1.29, 1.82) is 0 Å². The van der Waals surface area contributed by atoms with Crippen molar-refractivity contribution in [3.05, 3.63) is 24.3 Å². The van der Waals surface area contributed by atoms with Crippen molar-refractivity contribution >= 4 is 0 Å². The molecule has 1 rings (SSSR count). The van der Waals surface area contributed by atoms with E-state index in [0.29, 0.717) is 11.3 Å². The predicted molar refractivity (Wildman–Crippen MR) is 110 cm³/mol. The summed E-state index contributed by atoms with van der Waals surface area (Å²) >= 11 is 0. The lowest BCUT2D eigenvalue weighted by Gasteiger charge is -2.33. The van der Waals surface area contributed by atoms with Crippen LogP contribution in [0.2, 0.25) is 0 Å². The van der Waals surface area contributed by atoms with Gasteiger partial charge in [0.15, 0.2) is 0 Å². The van der Waals surface area contributed by atoms with Crippen LogP contribution in [0.25, 0.3) is 0 Å². The minimum absolute atomic E-state index is 0.409. The summed E-state index contributed by atoms with van der Waals surface area (Å²) in [5, 5.41) is 0. The molecule has 0 bridgehead atoms. The van der Waals surface area contributed by atoms with E-state index in [1.54, 1.807) is 0 Å². The van der Waals surface area contributed by atoms with Gasteiger partial charge in [-0.05, 0) is 17.8 Å². The quantitative estimate of drug-likeness (QED) is 0.263. The number of allylic oxidation sites excluding steroid dienone is 4. The molecule has 2 atom stereocenters. The molecule has 0 radical (unpaired) electrons. The van der Waals surface area contributed by atoms with Crippen molar-refractivity contribution in [3.8, 4) is 0 Å². The third-order valence-corrected chi connectivity index (χ3v) is 6.10. The topological polar surface area (TPSA) is 0 Å². The van der Waals surface area contributed by atoms with Crippen LogP contribution in [0, 0.1) is 11.3 Å². The Labute approximate surface area is 153 Å². The van der Waals surface area contributed by atoms with E-state index in [1.807, 2.05) is 0 Å². The van der Waals surface area contributed by atoms with Gasteiger partial charge in [0.1, 0.15) is 0 Å². The van der Waals surface area contributed by atoms with Gasteiger partial charge in [-0.15, -0.1) is 0 Å². The van der Waals surface area contributed by atoms with Gasteiger partial charge in [0.05, 0.1) is 0 Å². The zero-order valence-electron chi connectivity index (χ0n) is 17.0. The first-order valence-electron chi connectivity index (χ1n) is 11.0. The Bertz CT molecular complexity index is 338. The SMILES string of the molecule is CCCCCCCCCCCCCCCCC1(C)C=CC=CC1C. The fourth-order valence-corrected chi connectivity index (χ4v) is 3.89. The Morgan fingerprint density at radius 1 is 0.667 bits per heavy atom. The van der Waals surface area contributed by atoms with Crippen LogP contribution < -0.4 is 0 Å². The van der Waals surface area contributed by atoms with E-state index in [9.17, 15) is 0 Å². The molecular formula is C24H44. The van der Waals surface area contributed by atoms with E-state index in [-0.39, 0.29) is 0 Å². The highest BCUT2D eigenvalue weighted by Gasteiger charge is 2.27. The minimum atomic E-state index is 0.409. The number of hydrogen-bond acceptors (Lipinski definition) is 0. The van der Waals surface area contributed by atoms with Gasteiger partial charge in [0, 0.05) is 0 Å². The summed E-state index contributed by atoms with van der Waals surface area (Å²) in [7, 11) is 0. The molecule has 24 heavy (non-hydrogen) atoms. The van der Waals surface area contributed by atoms with Gasteiger partial charge in [-0.3, -0.25) is 0 Å². The van der Waals surface area contributed by atoms with Crippen LogP contribution in [0.4, 0.5) is 0 Å². The molecule has 2 unspecified atom stereocenters. The minimum Gasteiger partial charge on any atom is -0.0809 e. The summed E-state index contributed by atoms with van der Waals surface area (Å²) in [4.78, 5) is 0. The highest BCUT2D eigenvalue weighted by molar-refractivity contribution is 5.18. The third-order valence-electron chi connectivity index (χ3n) is 6.10. The second-order valence-electron chi connectivity index (χ2n) is 8.38. The first-order valence-corrected chi connectivity index (χ1v) is 11.0. The van der Waals surface area contributed by atoms with Gasteiger partial charge < -0.3 is 0 Å². The van der Waals surface area contributed by atoms with Gasteiger partial charge >= 0.3 is 0 Å². The summed E-state index contributed by atoms with van der Waals surface area (Å²) in [6, 6.07) is 0. The molecule has 0 saturated carbocycles. The predicted octanol–water partition coefficient (Wildman–Crippen LogP) is 8.63. The van der Waals surface area contributed by atoms with E-state index in [4.69, 9.17) is 0 Å². The van der Waals surface area contributed by atoms with Crippen LogP contribution >= 0.6 is 0 Å². The molecule has 1 aliphatic carbocycles. The van der Waals surface area contributed by atoms with Crippen molar-refractivity contribution in [2.45, 2.75) is 117 Å². The summed E-state index contributed by atoms with van der Waals surface area (Å²) in [6.07, 6.45) is 30.9. The molecule has 1 aliphatic rings. The molecule has 0 aromatic heterocycles. The van der Waals surface area contributed by atoms with Gasteiger partial charge in [-0.1, -0.05) is 135 Å². The van der Waals surface area contributed by atoms with Gasteiger partial charge in [0.25, 0.3) is 0 Å². The second-order valence-corrected chi connectivity index (χ2v) is 8.38. The second kappa shape index (κ2) is 13.7. The van der Waals surface area contributed by atoms with Crippen LogP contribution in [0.1, 0.15) is 117 Å². The van der Waals surface area contributed by atoms with Crippen molar-refractivity contribution in [1.82, 2.24) is 0 Å². The van der Waals surface area contributed by atoms with Crippen LogP contribution in [0.3, 0.4) is 0 Å². The maximum atomic E-state index is 2.43. The number of hydrogen-bond donors (Lipinski definition) is 0. The molecular weight excluding hydrogens is 288 g/mol. The molecule has 0 aromatic carbocycles. The Kier molecular flexibility index (Phi) is 12.3. The molecule has 0 N–H and O–H groups in total. The van der Waals surface area contributed by atoms with Crippen LogP contribution in [0.5, 0.6) is 0 Å². The fourth-order valence-electron chi connectivity index (χ4n) is 3.89. The molecule has 0 amide bonds. The van der Waals surface area contributed by atoms with Crippen molar-refractivity contribution in [3.63, 3.8) is 0 Å². The van der Waals surface area contributed by atoms with E-state index >= 15 is 0 Å². The van der Waals surface area contributed by atoms with Crippen LogP contribution in [0.15, 0.2) is 24.3 Å². The highest BCUT2D eigenvalue weighted by Crippen LogP contribution is 2.37. The summed E-state index contributed by atoms with van der Waals surface area (Å²) in [5.41, 5.74) is 0.409. The smallest absolute Gasteiger partial charge is 0.00832 e. The molecule has 0 fully saturated rings. The van der Waals surface area contributed by atoms with E-state index in [0.717, 1.165) is 0 Å². The normalized spacial score (nSPS) is 23.0. The standard InChI is InChI=1S/C24H44/c1-4-5-6-7-8-9-10-11-12-13-14-15-16-18-21-24(3)22-19-17-20-23(24)2/h17,19-20,22-23H,4-16,18,21H2,1-3H3. The lowest BCUT2D eigenvalue weighted by Crippen LogP contribution is -2.23. The Morgan fingerprint density at radius 2 is 1.12 bits per heavy atom. The van der Waals surface area contributed by atoms with E-state index < -0.39 is 0 Å². The molecule has 0 spiro atoms. The van der Waals surface area contributed by atoms with Crippen molar-refractivity contribution in [2.24, 2.45) is 11.3 Å². The maximum Gasteiger partial charge on any atom is -0.00832 e. The third kappa shape index (κ3) is 9.70. The van der Waals surface area contributed by atoms with E-state index in [1.165, 1.54) is 96.3 Å². The van der Waals surface area contributed by atoms with E-state index in [2.05, 4.69) is 45.1 Å². The lowest BCUT2D eigenvalue weighted by molar-refractivity contribution is 0.287. The zero-order chi connectivity index (χ0) is 17.5. The van der Waals surface area contributed by atoms with Crippen molar-refractivity contribution < 1.29 is 0 Å². The first kappa shape index (κ1) is 21.5. The Balaban J connectivity index is 1.83. The van der Waals surface area contributed by atoms with Crippen LogP contribution in [-0.2, 0) is 0 Å². The maximum absolute atomic E-state index is 2.43. The average molecular weight is 333 g/mol. The Morgan fingerprint density at radius 3 is 1.58 bits per heavy atom. The summed E-state index contributed by atoms with van der Waals surface area (Å²) in [6.45, 7) is 7.09. The monoisotopic (exact) mass is 332 g/mol. The molecule has 0 aliphatic heterocycles. The summed E-state index contributed by atoms with van der Waals surface area (Å²) < 4.78 is 0. The van der Waals surface area contributed by atoms with Gasteiger partial charge in [0.2, 0.25) is 0 Å². The molecule has 0 heterocycles. The average Bonchev–Trinajstić information content (AvgIpc) is 2.58. The van der Waals surface area contributed by atoms with Gasteiger partial charge in [-0.25, -0.2) is 0 Å². The molecule has 0 heteroatoms. The Hall–Kier alpha value is -0.520. The molecule has 0 saturated heterocycles. The van der Waals surface area contributed by atoms with Gasteiger partial charge in [-0.2, -0.15) is 0 Å². The van der Waals surface area contributed by atoms with Crippen molar-refractivity contribution in [2.75, 3.05) is 0 Å². The van der Waals surface area contributed by atoms with Crippen LogP contribution in [-0.4, -0.2) is 0 Å².